The second kappa shape index (κ2) is 13.5. The molecule has 0 amide bonds. The minimum absolute atomic E-state index is 0. The van der Waals surface area contributed by atoms with Gasteiger partial charge in [0.2, 0.25) is 0 Å². The Kier molecular flexibility index (Phi) is 17.4. The van der Waals surface area contributed by atoms with E-state index in [1.54, 1.807) is 6.92 Å². The van der Waals surface area contributed by atoms with E-state index in [4.69, 9.17) is 23.2 Å². The van der Waals surface area contributed by atoms with Crippen molar-refractivity contribution >= 4 is 48.4 Å². The third kappa shape index (κ3) is 25.0. The van der Waals surface area contributed by atoms with E-state index in [0.29, 0.717) is 0 Å². The Hall–Kier alpha value is 0.0549. The van der Waals surface area contributed by atoms with Crippen LogP contribution in [0.2, 0.25) is 0 Å². The van der Waals surface area contributed by atoms with Gasteiger partial charge in [0, 0.05) is 20.8 Å². The maximum Gasteiger partial charge on any atom is 1.00 e. The molecule has 0 radical (unpaired) electrons. The van der Waals surface area contributed by atoms with Gasteiger partial charge in [0.05, 0.1) is 0 Å². The van der Waals surface area contributed by atoms with Crippen LogP contribution in [0.25, 0.3) is 0 Å². The predicted octanol–water partition coefficient (Wildman–Crippen LogP) is -1.79. The van der Waals surface area contributed by atoms with Crippen molar-refractivity contribution in [2.24, 2.45) is 0 Å². The van der Waals surface area contributed by atoms with Gasteiger partial charge in [0.15, 0.2) is 0 Å². The number of hydrogen-bond acceptors (Lipinski definition) is 6. The molecule has 0 unspecified atom stereocenters. The number of carbonyl (C=O) groups is 3. The number of rotatable bonds is 3. The number of halogens is 2. The minimum atomic E-state index is -2.41. The molecular formula is C8H14BCl2NaO6. The summed E-state index contributed by atoms with van der Waals surface area (Å²) >= 11 is 10.1. The fourth-order valence-electron chi connectivity index (χ4n) is 0.586. The molecule has 18 heavy (non-hydrogen) atoms. The maximum atomic E-state index is 10.4. The summed E-state index contributed by atoms with van der Waals surface area (Å²) in [6, 6.07) is 0. The van der Waals surface area contributed by atoms with Gasteiger partial charge in [-0.2, -0.15) is 0 Å². The van der Waals surface area contributed by atoms with E-state index in [-0.39, 0.29) is 34.4 Å². The molecule has 0 aliphatic heterocycles. The van der Waals surface area contributed by atoms with Crippen LogP contribution in [0.3, 0.4) is 0 Å². The van der Waals surface area contributed by atoms with Crippen LogP contribution in [0.15, 0.2) is 0 Å². The predicted molar refractivity (Wildman–Crippen MR) is 63.6 cm³/mol. The molecule has 0 atom stereocenters. The Balaban J connectivity index is -0.000000392. The third-order valence-corrected chi connectivity index (χ3v) is 0.963. The Labute approximate surface area is 138 Å². The first-order valence-corrected chi connectivity index (χ1v) is 5.48. The molecule has 0 aliphatic carbocycles. The minimum Gasteiger partial charge on any atom is -0.625 e. The summed E-state index contributed by atoms with van der Waals surface area (Å²) in [6.07, 6.45) is 0. The SMILES string of the molecule is CC(=O)O[BH-](OC(C)=O)OC(C)=O.CC(Cl)Cl.[Na+]. The summed E-state index contributed by atoms with van der Waals surface area (Å²) in [5.74, 6) is -2.03. The quantitative estimate of drug-likeness (QED) is 0.452. The molecule has 100 valence electrons. The van der Waals surface area contributed by atoms with Gasteiger partial charge in [-0.25, -0.2) is 0 Å². The van der Waals surface area contributed by atoms with Gasteiger partial charge in [0.25, 0.3) is 17.9 Å². The molecule has 6 nitrogen and oxygen atoms in total. The summed E-state index contributed by atoms with van der Waals surface area (Å²) < 4.78 is 13.3. The van der Waals surface area contributed by atoms with Gasteiger partial charge in [-0.1, -0.05) is 0 Å². The van der Waals surface area contributed by atoms with Gasteiger partial charge in [0.1, 0.15) is 4.84 Å². The molecule has 0 aromatic heterocycles. The topological polar surface area (TPSA) is 78.9 Å². The molecular weight excluding hydrogens is 297 g/mol. The first-order valence-electron chi connectivity index (χ1n) is 4.60. The Morgan fingerprint density at radius 1 is 0.889 bits per heavy atom. The summed E-state index contributed by atoms with van der Waals surface area (Å²) in [7, 11) is -2.41. The molecule has 0 spiro atoms. The summed E-state index contributed by atoms with van der Waals surface area (Å²) in [5.41, 5.74) is 0. The van der Waals surface area contributed by atoms with Crippen molar-refractivity contribution in [2.45, 2.75) is 32.5 Å². The molecule has 0 saturated carbocycles. The van der Waals surface area contributed by atoms with Gasteiger partial charge in [-0.15, -0.1) is 23.2 Å². The first-order chi connectivity index (χ1) is 7.65. The average Bonchev–Trinajstić information content (AvgIpc) is 1.96. The second-order valence-electron chi connectivity index (χ2n) is 2.78. The molecule has 0 saturated heterocycles. The number of alkyl halides is 2. The maximum absolute atomic E-state index is 10.4. The van der Waals surface area contributed by atoms with Crippen molar-refractivity contribution in [3.63, 3.8) is 0 Å². The molecule has 0 bridgehead atoms. The van der Waals surface area contributed by atoms with Crippen LogP contribution in [-0.4, -0.2) is 30.1 Å². The normalized spacial score (nSPS) is 8.67. The number of hydrogen-bond donors (Lipinski definition) is 0. The van der Waals surface area contributed by atoms with Crippen molar-refractivity contribution in [1.29, 1.82) is 0 Å². The average molecular weight is 311 g/mol. The van der Waals surface area contributed by atoms with Crippen LogP contribution in [0.5, 0.6) is 0 Å². The summed E-state index contributed by atoms with van der Waals surface area (Å²) in [4.78, 5) is 31.1. The van der Waals surface area contributed by atoms with Gasteiger partial charge in [-0.3, -0.25) is 14.4 Å². The van der Waals surface area contributed by atoms with E-state index in [9.17, 15) is 14.4 Å². The van der Waals surface area contributed by atoms with Crippen LogP contribution in [0.4, 0.5) is 0 Å². The molecule has 0 fully saturated rings. The summed E-state index contributed by atoms with van der Waals surface area (Å²) in [6.45, 7) is 5.05. The zero-order chi connectivity index (χ0) is 14.0. The monoisotopic (exact) mass is 310 g/mol. The van der Waals surface area contributed by atoms with E-state index in [0.717, 1.165) is 20.8 Å². The van der Waals surface area contributed by atoms with E-state index < -0.39 is 25.2 Å². The molecule has 0 rings (SSSR count). The van der Waals surface area contributed by atoms with Crippen molar-refractivity contribution in [1.82, 2.24) is 0 Å². The Morgan fingerprint density at radius 3 is 1.17 bits per heavy atom. The molecule has 0 heterocycles. The van der Waals surface area contributed by atoms with Crippen molar-refractivity contribution in [3.05, 3.63) is 0 Å². The largest absolute Gasteiger partial charge is 1.00 e. The van der Waals surface area contributed by atoms with Crippen LogP contribution >= 0.6 is 23.2 Å². The fraction of sp³-hybridized carbons (Fsp3) is 0.625. The van der Waals surface area contributed by atoms with E-state index in [2.05, 4.69) is 14.0 Å². The molecule has 0 N–H and O–H groups in total. The molecule has 0 aromatic rings. The van der Waals surface area contributed by atoms with E-state index in [1.165, 1.54) is 0 Å². The first kappa shape index (κ1) is 23.2. The van der Waals surface area contributed by atoms with Gasteiger partial charge >= 0.3 is 36.9 Å². The van der Waals surface area contributed by atoms with Crippen LogP contribution in [0.1, 0.15) is 27.7 Å². The van der Waals surface area contributed by atoms with Crippen LogP contribution in [0, 0.1) is 0 Å². The van der Waals surface area contributed by atoms with Crippen molar-refractivity contribution < 1.29 is 57.9 Å². The Morgan fingerprint density at radius 2 is 1.06 bits per heavy atom. The van der Waals surface area contributed by atoms with E-state index in [1.807, 2.05) is 0 Å². The third-order valence-electron chi connectivity index (χ3n) is 0.963. The van der Waals surface area contributed by atoms with Crippen molar-refractivity contribution in [3.8, 4) is 0 Å². The summed E-state index contributed by atoms with van der Waals surface area (Å²) in [5, 5.41) is 0. The number of carbonyl (C=O) groups excluding carboxylic acids is 3. The Bertz CT molecular complexity index is 236. The van der Waals surface area contributed by atoms with Gasteiger partial charge in [-0.05, 0) is 6.92 Å². The van der Waals surface area contributed by atoms with Crippen molar-refractivity contribution in [2.75, 3.05) is 0 Å². The zero-order valence-corrected chi connectivity index (χ0v) is 14.5. The van der Waals surface area contributed by atoms with Crippen LogP contribution < -0.4 is 29.6 Å². The second-order valence-corrected chi connectivity index (χ2v) is 4.31. The molecule has 0 aromatic carbocycles. The smallest absolute Gasteiger partial charge is 0.625 e. The molecule has 0 aliphatic rings. The van der Waals surface area contributed by atoms with Gasteiger partial charge < -0.3 is 14.0 Å². The zero-order valence-electron chi connectivity index (χ0n) is 11.0. The fourth-order valence-corrected chi connectivity index (χ4v) is 0.586. The van der Waals surface area contributed by atoms with Crippen LogP contribution in [-0.2, 0) is 28.3 Å². The standard InChI is InChI=1S/C6H10BO6.C2H4Cl2.Na/c1-4(8)11-7(12-5(2)9)13-6(3)10;1-2(3)4;/h7H,1-3H3;2H,1H3;/q-1;;+1. The molecule has 10 heteroatoms. The van der Waals surface area contributed by atoms with E-state index >= 15 is 0 Å².